The van der Waals surface area contributed by atoms with Crippen LogP contribution >= 0.6 is 0 Å². The lowest BCUT2D eigenvalue weighted by Crippen LogP contribution is -2.57. The largest absolute Gasteiger partial charge is 0.478 e. The molecular weight excluding hydrogens is 440 g/mol. The Morgan fingerprint density at radius 3 is 2.35 bits per heavy atom. The van der Waals surface area contributed by atoms with Crippen molar-refractivity contribution in [2.75, 3.05) is 13.2 Å². The number of ketones is 2. The highest BCUT2D eigenvalue weighted by Gasteiger charge is 2.62. The van der Waals surface area contributed by atoms with Gasteiger partial charge in [0.1, 0.15) is 18.2 Å². The van der Waals surface area contributed by atoms with Gasteiger partial charge in [0.05, 0.1) is 5.71 Å². The number of Topliss-reactive ketones (excluding diaryl/α,β-unsaturated/α-hetero) is 2. The van der Waals surface area contributed by atoms with Crippen molar-refractivity contribution in [3.63, 3.8) is 0 Å². The Bertz CT molecular complexity index is 882. The molecule has 9 heteroatoms. The quantitative estimate of drug-likeness (QED) is 0.311. The normalized spacial score (nSPS) is 37.9. The molecule has 4 aliphatic carbocycles. The number of fused-ring (bicyclic) bond motifs is 5. The maximum Gasteiger partial charge on any atom is 0.328 e. The lowest BCUT2D eigenvalue weighted by Gasteiger charge is -2.58. The van der Waals surface area contributed by atoms with E-state index < -0.39 is 11.9 Å². The van der Waals surface area contributed by atoms with Gasteiger partial charge in [-0.1, -0.05) is 19.0 Å². The summed E-state index contributed by atoms with van der Waals surface area (Å²) in [4.78, 5) is 50.1. The first-order valence-electron chi connectivity index (χ1n) is 12.1. The van der Waals surface area contributed by atoms with E-state index >= 15 is 0 Å². The average molecular weight is 477 g/mol. The summed E-state index contributed by atoms with van der Waals surface area (Å²) >= 11 is 0. The number of aliphatic carboxylic acids is 2. The van der Waals surface area contributed by atoms with Crippen LogP contribution in [0, 0.1) is 34.5 Å². The lowest BCUT2D eigenvalue weighted by atomic mass is 9.45. The predicted molar refractivity (Wildman–Crippen MR) is 124 cm³/mol. The molecule has 0 heterocycles. The zero-order valence-electron chi connectivity index (χ0n) is 20.0. The number of carboxylic acids is 2. The fraction of sp³-hybridized carbons (Fsp3) is 0.720. The van der Waals surface area contributed by atoms with Crippen molar-refractivity contribution in [2.24, 2.45) is 45.4 Å². The van der Waals surface area contributed by atoms with E-state index in [1.807, 2.05) is 0 Å². The molecule has 0 bridgehead atoms. The minimum absolute atomic E-state index is 0.105. The second-order valence-corrected chi connectivity index (χ2v) is 10.5. The van der Waals surface area contributed by atoms with E-state index in [1.165, 1.54) is 0 Å². The van der Waals surface area contributed by atoms with Crippen molar-refractivity contribution in [1.29, 1.82) is 0 Å². The fourth-order valence-electron chi connectivity index (χ4n) is 6.93. The molecule has 34 heavy (non-hydrogen) atoms. The summed E-state index contributed by atoms with van der Waals surface area (Å²) in [5.41, 5.74) is 6.50. The van der Waals surface area contributed by atoms with Crippen molar-refractivity contribution >= 4 is 29.2 Å². The molecule has 4 fully saturated rings. The van der Waals surface area contributed by atoms with Gasteiger partial charge in [-0.25, -0.2) is 9.59 Å². The van der Waals surface area contributed by atoms with Crippen LogP contribution in [0.3, 0.4) is 0 Å². The van der Waals surface area contributed by atoms with Crippen LogP contribution in [0.2, 0.25) is 0 Å². The SMILES string of the molecule is C[C@]12CCC(=NOCCN)C[C@@H]1CC(=O)[C@@H]1[C@@H]2CC[C@]2(C)C(=O)CC[C@@H]12.O=C(O)/C=C/C(=O)O. The van der Waals surface area contributed by atoms with Crippen molar-refractivity contribution in [2.45, 2.75) is 65.2 Å². The van der Waals surface area contributed by atoms with Gasteiger partial charge in [-0.2, -0.15) is 0 Å². The number of rotatable bonds is 5. The summed E-state index contributed by atoms with van der Waals surface area (Å²) in [6, 6.07) is 0. The van der Waals surface area contributed by atoms with Crippen LogP contribution in [0.1, 0.15) is 65.2 Å². The molecule has 0 aromatic rings. The molecule has 0 aromatic carbocycles. The molecule has 4 N–H and O–H groups in total. The standard InChI is InChI=1S/C21H32N2O3.C4H4O4/c1-20-7-5-14(23-26-10-9-22)11-13(20)12-17(24)19-15-3-4-18(25)21(15,2)8-6-16(19)20;5-3(6)1-2-4(7)8/h13,15-16,19H,3-12,22H2,1-2H3;1-2H,(H,5,6)(H,7,8)/b;2-1+/t13-,15+,16+,19+,20+,21+;/m1./s1. The van der Waals surface area contributed by atoms with E-state index in [0.717, 1.165) is 44.2 Å². The van der Waals surface area contributed by atoms with Crippen molar-refractivity contribution in [3.8, 4) is 0 Å². The summed E-state index contributed by atoms with van der Waals surface area (Å²) in [6.45, 7) is 5.45. The van der Waals surface area contributed by atoms with E-state index in [1.54, 1.807) is 0 Å². The number of carbonyl (C=O) groups excluding carboxylic acids is 2. The minimum Gasteiger partial charge on any atom is -0.478 e. The van der Waals surface area contributed by atoms with E-state index in [2.05, 4.69) is 19.0 Å². The predicted octanol–water partition coefficient (Wildman–Crippen LogP) is 2.82. The number of carboxylic acid groups (broad SMARTS) is 2. The van der Waals surface area contributed by atoms with Crippen LogP contribution < -0.4 is 5.73 Å². The van der Waals surface area contributed by atoms with E-state index in [0.29, 0.717) is 61.5 Å². The first-order valence-corrected chi connectivity index (χ1v) is 12.1. The van der Waals surface area contributed by atoms with Gasteiger partial charge in [-0.15, -0.1) is 0 Å². The summed E-state index contributed by atoms with van der Waals surface area (Å²) in [7, 11) is 0. The molecule has 0 saturated heterocycles. The summed E-state index contributed by atoms with van der Waals surface area (Å²) in [5, 5.41) is 19.9. The van der Waals surface area contributed by atoms with Crippen LogP contribution in [-0.2, 0) is 24.0 Å². The molecule has 0 radical (unpaired) electrons. The highest BCUT2D eigenvalue weighted by molar-refractivity contribution is 5.92. The van der Waals surface area contributed by atoms with Crippen molar-refractivity contribution in [1.82, 2.24) is 0 Å². The van der Waals surface area contributed by atoms with Gasteiger partial charge < -0.3 is 20.8 Å². The number of nitrogens with zero attached hydrogens (tertiary/aromatic N) is 1. The molecule has 4 aliphatic rings. The van der Waals surface area contributed by atoms with Gasteiger partial charge in [0.25, 0.3) is 0 Å². The van der Waals surface area contributed by atoms with Crippen LogP contribution in [-0.4, -0.2) is 52.6 Å². The highest BCUT2D eigenvalue weighted by atomic mass is 16.6. The molecule has 188 valence electrons. The van der Waals surface area contributed by atoms with Gasteiger partial charge in [-0.3, -0.25) is 9.59 Å². The number of hydrogen-bond donors (Lipinski definition) is 3. The molecule has 0 spiro atoms. The third-order valence-corrected chi connectivity index (χ3v) is 8.78. The second-order valence-electron chi connectivity index (χ2n) is 10.5. The monoisotopic (exact) mass is 476 g/mol. The summed E-state index contributed by atoms with van der Waals surface area (Å²) < 4.78 is 0. The molecule has 0 unspecified atom stereocenters. The Balaban J connectivity index is 0.000000350. The van der Waals surface area contributed by atoms with Gasteiger partial charge in [0.15, 0.2) is 0 Å². The Labute approximate surface area is 199 Å². The summed E-state index contributed by atoms with van der Waals surface area (Å²) in [5.74, 6) is -0.519. The van der Waals surface area contributed by atoms with Crippen LogP contribution in [0.4, 0.5) is 0 Å². The molecular formula is C25H36N2O7. The topological polar surface area (TPSA) is 156 Å². The van der Waals surface area contributed by atoms with E-state index in [4.69, 9.17) is 20.8 Å². The van der Waals surface area contributed by atoms with Gasteiger partial charge in [-0.05, 0) is 61.7 Å². The Hall–Kier alpha value is -2.55. The number of oxime groups is 1. The maximum atomic E-state index is 13.2. The lowest BCUT2D eigenvalue weighted by molar-refractivity contribution is -0.154. The van der Waals surface area contributed by atoms with Crippen molar-refractivity contribution < 1.29 is 34.2 Å². The first kappa shape index (κ1) is 26.1. The molecule has 6 atom stereocenters. The number of nitrogens with two attached hydrogens (primary N) is 1. The van der Waals surface area contributed by atoms with E-state index in [9.17, 15) is 19.2 Å². The first-order chi connectivity index (χ1) is 16.0. The summed E-state index contributed by atoms with van der Waals surface area (Å²) in [6.07, 6.45) is 8.25. The van der Waals surface area contributed by atoms with Crippen LogP contribution in [0.5, 0.6) is 0 Å². The van der Waals surface area contributed by atoms with Crippen LogP contribution in [0.25, 0.3) is 0 Å². The Kier molecular flexibility index (Phi) is 7.95. The molecule has 9 nitrogen and oxygen atoms in total. The molecule has 0 aliphatic heterocycles. The van der Waals surface area contributed by atoms with Gasteiger partial charge in [0, 0.05) is 42.9 Å². The van der Waals surface area contributed by atoms with Gasteiger partial charge in [0.2, 0.25) is 0 Å². The number of carbonyl (C=O) groups is 4. The average Bonchev–Trinajstić information content (AvgIpc) is 3.08. The van der Waals surface area contributed by atoms with Gasteiger partial charge >= 0.3 is 11.9 Å². The van der Waals surface area contributed by atoms with Crippen LogP contribution in [0.15, 0.2) is 17.3 Å². The zero-order chi connectivity index (χ0) is 25.1. The third-order valence-electron chi connectivity index (χ3n) is 8.78. The zero-order valence-corrected chi connectivity index (χ0v) is 20.0. The molecule has 4 rings (SSSR count). The third kappa shape index (κ3) is 5.09. The maximum absolute atomic E-state index is 13.2. The Morgan fingerprint density at radius 1 is 1.06 bits per heavy atom. The minimum atomic E-state index is -1.26. The molecule has 4 saturated carbocycles. The van der Waals surface area contributed by atoms with E-state index in [-0.39, 0.29) is 22.7 Å². The molecule has 0 amide bonds. The Morgan fingerprint density at radius 2 is 1.74 bits per heavy atom. The highest BCUT2D eigenvalue weighted by Crippen LogP contribution is 2.64. The fourth-order valence-corrected chi connectivity index (χ4v) is 6.93. The smallest absolute Gasteiger partial charge is 0.328 e. The molecule has 0 aromatic heterocycles. The number of hydrogen-bond acceptors (Lipinski definition) is 7. The van der Waals surface area contributed by atoms with Crippen molar-refractivity contribution in [3.05, 3.63) is 12.2 Å². The second kappa shape index (κ2) is 10.4.